The zero-order valence-corrected chi connectivity index (χ0v) is 22.8. The van der Waals surface area contributed by atoms with E-state index >= 15 is 0 Å². The number of rotatable bonds is 7. The summed E-state index contributed by atoms with van der Waals surface area (Å²) in [5.74, 6) is 1.47. The van der Waals surface area contributed by atoms with E-state index in [2.05, 4.69) is 28.4 Å². The number of benzene rings is 2. The largest absolute Gasteiger partial charge is 0.491 e. The Kier molecular flexibility index (Phi) is 8.32. The highest BCUT2D eigenvalue weighted by molar-refractivity contribution is 5.94. The molecule has 1 N–H and O–H groups in total. The molecule has 3 fully saturated rings. The summed E-state index contributed by atoms with van der Waals surface area (Å²) in [6.07, 6.45) is 15.0. The van der Waals surface area contributed by atoms with Crippen molar-refractivity contribution in [3.8, 4) is 5.75 Å². The average molecular weight is 517 g/mol. The lowest BCUT2D eigenvalue weighted by molar-refractivity contribution is 0.0679. The molecule has 4 aliphatic rings. The van der Waals surface area contributed by atoms with Crippen molar-refractivity contribution in [2.24, 2.45) is 0 Å². The second-order valence-electron chi connectivity index (χ2n) is 12.0. The number of nitrogens with zero attached hydrogens (tertiary/aromatic N) is 1. The molecule has 2 aromatic carbocycles. The lowest BCUT2D eigenvalue weighted by atomic mass is 9.82. The minimum absolute atomic E-state index is 0.00533. The molecule has 2 aliphatic heterocycles. The first-order valence-corrected chi connectivity index (χ1v) is 15.2. The molecule has 5 heteroatoms. The van der Waals surface area contributed by atoms with Gasteiger partial charge in [0.2, 0.25) is 0 Å². The van der Waals surface area contributed by atoms with Crippen molar-refractivity contribution in [3.05, 3.63) is 64.7 Å². The Labute approximate surface area is 228 Å². The average Bonchev–Trinajstić information content (AvgIpc) is 3.50. The molecular weight excluding hydrogens is 472 g/mol. The van der Waals surface area contributed by atoms with Crippen molar-refractivity contribution in [1.82, 2.24) is 10.2 Å². The van der Waals surface area contributed by atoms with Crippen molar-refractivity contribution in [2.45, 2.75) is 101 Å². The summed E-state index contributed by atoms with van der Waals surface area (Å²) in [4.78, 5) is 15.8. The Morgan fingerprint density at radius 3 is 2.61 bits per heavy atom. The number of aryl methyl sites for hydroxylation is 1. The highest BCUT2D eigenvalue weighted by Crippen LogP contribution is 2.34. The highest BCUT2D eigenvalue weighted by atomic mass is 16.5. The number of carbonyl (C=O) groups is 1. The van der Waals surface area contributed by atoms with Crippen LogP contribution in [0.2, 0.25) is 0 Å². The van der Waals surface area contributed by atoms with Gasteiger partial charge in [-0.25, -0.2) is 0 Å². The van der Waals surface area contributed by atoms with Crippen LogP contribution in [0, 0.1) is 0 Å². The molecule has 5 nitrogen and oxygen atoms in total. The van der Waals surface area contributed by atoms with Crippen molar-refractivity contribution >= 4 is 5.91 Å². The zero-order chi connectivity index (χ0) is 25.7. The van der Waals surface area contributed by atoms with Gasteiger partial charge >= 0.3 is 0 Å². The van der Waals surface area contributed by atoms with Gasteiger partial charge in [0.25, 0.3) is 5.91 Å². The Morgan fingerprint density at radius 1 is 0.921 bits per heavy atom. The summed E-state index contributed by atoms with van der Waals surface area (Å²) in [5.41, 5.74) is 5.13. The smallest absolute Gasteiger partial charge is 0.251 e. The quantitative estimate of drug-likeness (QED) is 0.487. The van der Waals surface area contributed by atoms with Gasteiger partial charge in [0.1, 0.15) is 12.4 Å². The van der Waals surface area contributed by atoms with Crippen LogP contribution in [-0.4, -0.2) is 55.3 Å². The fourth-order valence-corrected chi connectivity index (χ4v) is 7.14. The summed E-state index contributed by atoms with van der Waals surface area (Å²) in [7, 11) is 0. The predicted octanol–water partition coefficient (Wildman–Crippen LogP) is 6.04. The van der Waals surface area contributed by atoms with E-state index in [0.29, 0.717) is 18.1 Å². The SMILES string of the molecule is O=C(N[C@H]1CCc2cc([C@@H]3CCCN(C4CCCCC4)C3)ccc2C1)c1ccc(OC[C@@H]2CCCO2)cc1. The molecule has 1 amide bonds. The van der Waals surface area contributed by atoms with Gasteiger partial charge in [0, 0.05) is 30.8 Å². The van der Waals surface area contributed by atoms with Gasteiger partial charge in [0.15, 0.2) is 0 Å². The van der Waals surface area contributed by atoms with Crippen molar-refractivity contribution in [3.63, 3.8) is 0 Å². The maximum Gasteiger partial charge on any atom is 0.251 e. The van der Waals surface area contributed by atoms with Crippen molar-refractivity contribution < 1.29 is 14.3 Å². The first-order valence-electron chi connectivity index (χ1n) is 15.2. The summed E-state index contributed by atoms with van der Waals surface area (Å²) >= 11 is 0. The standard InChI is InChI=1S/C33H44N2O3/c36-33(24-13-16-31(17-14-24)38-23-32-9-5-19-37-32)34-29-15-12-25-20-26(10-11-27(25)21-29)28-6-4-18-35(22-28)30-7-2-1-3-8-30/h10-11,13-14,16-17,20,28-30,32H,1-9,12,15,18-19,21-23H2,(H,34,36)/t28-,29+,32+/m1/s1. The third-order valence-electron chi connectivity index (χ3n) is 9.39. The number of piperidine rings is 1. The Bertz CT molecular complexity index is 1070. The second-order valence-corrected chi connectivity index (χ2v) is 12.0. The van der Waals surface area contributed by atoms with Gasteiger partial charge in [-0.3, -0.25) is 9.69 Å². The Morgan fingerprint density at radius 2 is 1.79 bits per heavy atom. The molecular formula is C33H44N2O3. The third-order valence-corrected chi connectivity index (χ3v) is 9.39. The van der Waals surface area contributed by atoms with Crippen LogP contribution in [0.5, 0.6) is 5.75 Å². The third kappa shape index (κ3) is 6.26. The summed E-state index contributed by atoms with van der Waals surface area (Å²) < 4.78 is 11.5. The number of nitrogens with one attached hydrogen (secondary N) is 1. The van der Waals surface area contributed by atoms with Gasteiger partial charge in [0.05, 0.1) is 6.10 Å². The first kappa shape index (κ1) is 25.9. The van der Waals surface area contributed by atoms with Crippen LogP contribution in [0.1, 0.15) is 97.2 Å². The Balaban J connectivity index is 1.01. The molecule has 0 radical (unpaired) electrons. The van der Waals surface area contributed by atoms with Crippen LogP contribution in [0.4, 0.5) is 0 Å². The summed E-state index contributed by atoms with van der Waals surface area (Å²) in [6, 6.07) is 15.8. The second kappa shape index (κ2) is 12.2. The van der Waals surface area contributed by atoms with E-state index in [1.54, 1.807) is 0 Å². The van der Waals surface area contributed by atoms with Crippen LogP contribution < -0.4 is 10.1 Å². The van der Waals surface area contributed by atoms with Crippen LogP contribution >= 0.6 is 0 Å². The molecule has 0 spiro atoms. The molecule has 2 aromatic rings. The van der Waals surface area contributed by atoms with Crippen molar-refractivity contribution in [2.75, 3.05) is 26.3 Å². The number of carbonyl (C=O) groups excluding carboxylic acids is 1. The molecule has 0 aromatic heterocycles. The normalized spacial score (nSPS) is 26.6. The van der Waals surface area contributed by atoms with Crippen LogP contribution in [0.3, 0.4) is 0 Å². The number of hydrogen-bond donors (Lipinski definition) is 1. The zero-order valence-electron chi connectivity index (χ0n) is 22.8. The molecule has 2 aliphatic carbocycles. The van der Waals surface area contributed by atoms with Crippen LogP contribution in [-0.2, 0) is 17.6 Å². The monoisotopic (exact) mass is 516 g/mol. The maximum absolute atomic E-state index is 12.9. The van der Waals surface area contributed by atoms with E-state index in [1.165, 1.54) is 74.7 Å². The van der Waals surface area contributed by atoms with E-state index in [-0.39, 0.29) is 18.1 Å². The molecule has 3 atom stereocenters. The van der Waals surface area contributed by atoms with Gasteiger partial charge in [-0.1, -0.05) is 37.5 Å². The van der Waals surface area contributed by atoms with E-state index in [0.717, 1.165) is 50.5 Å². The lowest BCUT2D eigenvalue weighted by Crippen LogP contribution is -2.43. The lowest BCUT2D eigenvalue weighted by Gasteiger charge is -2.40. The molecule has 0 bridgehead atoms. The first-order chi connectivity index (χ1) is 18.7. The molecule has 6 rings (SSSR count). The van der Waals surface area contributed by atoms with Crippen LogP contribution in [0.15, 0.2) is 42.5 Å². The molecule has 2 heterocycles. The number of amides is 1. The van der Waals surface area contributed by atoms with Gasteiger partial charge < -0.3 is 14.8 Å². The Hall–Kier alpha value is -2.37. The number of fused-ring (bicyclic) bond motifs is 1. The summed E-state index contributed by atoms with van der Waals surface area (Å²) in [6.45, 7) is 3.94. The van der Waals surface area contributed by atoms with E-state index in [4.69, 9.17) is 9.47 Å². The van der Waals surface area contributed by atoms with Crippen molar-refractivity contribution in [1.29, 1.82) is 0 Å². The maximum atomic E-state index is 12.9. The number of hydrogen-bond acceptors (Lipinski definition) is 4. The number of likely N-dealkylation sites (tertiary alicyclic amines) is 1. The molecule has 0 unspecified atom stereocenters. The minimum Gasteiger partial charge on any atom is -0.491 e. The van der Waals surface area contributed by atoms with Gasteiger partial charge in [-0.15, -0.1) is 0 Å². The fourth-order valence-electron chi connectivity index (χ4n) is 7.14. The fraction of sp³-hybridized carbons (Fsp3) is 0.606. The molecule has 2 saturated heterocycles. The van der Waals surface area contributed by atoms with Crippen LogP contribution in [0.25, 0.3) is 0 Å². The topological polar surface area (TPSA) is 50.8 Å². The highest BCUT2D eigenvalue weighted by Gasteiger charge is 2.29. The minimum atomic E-state index is 0.00533. The molecule has 38 heavy (non-hydrogen) atoms. The van der Waals surface area contributed by atoms with E-state index in [9.17, 15) is 4.79 Å². The van der Waals surface area contributed by atoms with E-state index in [1.807, 2.05) is 24.3 Å². The van der Waals surface area contributed by atoms with E-state index < -0.39 is 0 Å². The summed E-state index contributed by atoms with van der Waals surface area (Å²) in [5, 5.41) is 3.29. The molecule has 1 saturated carbocycles. The predicted molar refractivity (Wildman–Crippen MR) is 151 cm³/mol. The molecule has 204 valence electrons. The van der Waals surface area contributed by atoms with Gasteiger partial charge in [-0.2, -0.15) is 0 Å². The van der Waals surface area contributed by atoms with Gasteiger partial charge in [-0.05, 0) is 111 Å². The number of ether oxygens (including phenoxy) is 2.